The molecule has 7 heteroatoms. The van der Waals surface area contributed by atoms with Gasteiger partial charge in [0.05, 0.1) is 5.56 Å². The number of hydrogen-bond donors (Lipinski definition) is 0. The fourth-order valence-electron chi connectivity index (χ4n) is 1.86. The first-order valence-corrected chi connectivity index (χ1v) is 7.43. The van der Waals surface area contributed by atoms with Gasteiger partial charge in [-0.1, -0.05) is 33.2 Å². The van der Waals surface area contributed by atoms with Gasteiger partial charge in [-0.2, -0.15) is 4.98 Å². The third-order valence-electron chi connectivity index (χ3n) is 2.99. The van der Waals surface area contributed by atoms with E-state index in [0.29, 0.717) is 5.82 Å². The van der Waals surface area contributed by atoms with E-state index in [2.05, 4.69) is 26.1 Å². The van der Waals surface area contributed by atoms with E-state index in [-0.39, 0.29) is 18.1 Å². The summed E-state index contributed by atoms with van der Waals surface area (Å²) in [6, 6.07) is 12.9. The van der Waals surface area contributed by atoms with E-state index < -0.39 is 11.8 Å². The van der Waals surface area contributed by atoms with E-state index >= 15 is 0 Å². The molecule has 0 unspecified atom stereocenters. The molecule has 0 aliphatic heterocycles. The number of hydrogen-bond acceptors (Lipinski definition) is 5. The predicted molar refractivity (Wildman–Crippen MR) is 83.0 cm³/mol. The molecular weight excluding hydrogens is 367 g/mol. The summed E-state index contributed by atoms with van der Waals surface area (Å²) in [4.78, 5) is 15.9. The van der Waals surface area contributed by atoms with Crippen molar-refractivity contribution in [3.63, 3.8) is 0 Å². The second-order valence-corrected chi connectivity index (χ2v) is 5.49. The molecule has 0 aliphatic rings. The lowest BCUT2D eigenvalue weighted by atomic mass is 10.2. The molecule has 0 aliphatic carbocycles. The van der Waals surface area contributed by atoms with Crippen LogP contribution in [0.15, 0.2) is 57.5 Å². The monoisotopic (exact) mass is 376 g/mol. The van der Waals surface area contributed by atoms with Crippen molar-refractivity contribution in [2.45, 2.75) is 6.61 Å². The third-order valence-corrected chi connectivity index (χ3v) is 3.52. The number of halogens is 2. The van der Waals surface area contributed by atoms with Crippen LogP contribution >= 0.6 is 15.9 Å². The van der Waals surface area contributed by atoms with Gasteiger partial charge >= 0.3 is 5.97 Å². The van der Waals surface area contributed by atoms with E-state index in [9.17, 15) is 9.18 Å². The third kappa shape index (κ3) is 3.62. The first-order chi connectivity index (χ1) is 11.1. The number of carbonyl (C=O) groups is 1. The standard InChI is InChI=1S/C16H10BrFN2O3/c17-11-7-5-10(6-8-11)15-19-14(23-20-15)9-22-16(21)12-3-1-2-4-13(12)18/h1-8H,9H2. The number of rotatable bonds is 4. The Balaban J connectivity index is 1.67. The van der Waals surface area contributed by atoms with Crippen LogP contribution in [0.25, 0.3) is 11.4 Å². The zero-order valence-corrected chi connectivity index (χ0v) is 13.3. The Morgan fingerprint density at radius 1 is 1.17 bits per heavy atom. The van der Waals surface area contributed by atoms with Crippen molar-refractivity contribution in [3.05, 3.63) is 70.3 Å². The van der Waals surface area contributed by atoms with Gasteiger partial charge in [-0.25, -0.2) is 9.18 Å². The van der Waals surface area contributed by atoms with Crippen molar-refractivity contribution >= 4 is 21.9 Å². The summed E-state index contributed by atoms with van der Waals surface area (Å²) in [5, 5.41) is 3.82. The number of aromatic nitrogens is 2. The zero-order chi connectivity index (χ0) is 16.2. The maximum Gasteiger partial charge on any atom is 0.341 e. The lowest BCUT2D eigenvalue weighted by Crippen LogP contribution is -2.07. The number of benzene rings is 2. The molecule has 0 saturated heterocycles. The highest BCUT2D eigenvalue weighted by molar-refractivity contribution is 9.10. The maximum absolute atomic E-state index is 13.5. The van der Waals surface area contributed by atoms with E-state index in [1.54, 1.807) is 6.07 Å². The summed E-state index contributed by atoms with van der Waals surface area (Å²) >= 11 is 3.34. The van der Waals surface area contributed by atoms with Gasteiger partial charge in [0.15, 0.2) is 6.61 Å². The fraction of sp³-hybridized carbons (Fsp3) is 0.0625. The molecule has 0 amide bonds. The average molecular weight is 377 g/mol. The van der Waals surface area contributed by atoms with Gasteiger partial charge in [0.1, 0.15) is 5.82 Å². The molecule has 116 valence electrons. The van der Waals surface area contributed by atoms with Crippen LogP contribution in [0.5, 0.6) is 0 Å². The molecule has 0 atom stereocenters. The summed E-state index contributed by atoms with van der Waals surface area (Å²) in [6.07, 6.45) is 0. The molecule has 0 bridgehead atoms. The Kier molecular flexibility index (Phi) is 4.47. The van der Waals surface area contributed by atoms with Crippen molar-refractivity contribution in [1.29, 1.82) is 0 Å². The van der Waals surface area contributed by atoms with Crippen LogP contribution in [0.3, 0.4) is 0 Å². The van der Waals surface area contributed by atoms with E-state index in [4.69, 9.17) is 9.26 Å². The topological polar surface area (TPSA) is 65.2 Å². The van der Waals surface area contributed by atoms with Crippen LogP contribution in [0.4, 0.5) is 4.39 Å². The van der Waals surface area contributed by atoms with E-state index in [0.717, 1.165) is 10.0 Å². The highest BCUT2D eigenvalue weighted by Crippen LogP contribution is 2.19. The van der Waals surface area contributed by atoms with Crippen LogP contribution in [0, 0.1) is 5.82 Å². The summed E-state index contributed by atoms with van der Waals surface area (Å²) in [6.45, 7) is -0.226. The molecule has 5 nitrogen and oxygen atoms in total. The lowest BCUT2D eigenvalue weighted by molar-refractivity contribution is 0.0424. The summed E-state index contributed by atoms with van der Waals surface area (Å²) in [7, 11) is 0. The first kappa shape index (κ1) is 15.4. The van der Waals surface area contributed by atoms with Crippen LogP contribution in [-0.2, 0) is 11.3 Å². The number of esters is 1. The molecule has 2 aromatic carbocycles. The Labute approximate surface area is 139 Å². The number of nitrogens with zero attached hydrogens (tertiary/aromatic N) is 2. The van der Waals surface area contributed by atoms with Crippen LogP contribution < -0.4 is 0 Å². The van der Waals surface area contributed by atoms with Gasteiger partial charge in [0, 0.05) is 10.0 Å². The molecule has 0 N–H and O–H groups in total. The highest BCUT2D eigenvalue weighted by atomic mass is 79.9. The van der Waals surface area contributed by atoms with Crippen molar-refractivity contribution in [3.8, 4) is 11.4 Å². The minimum Gasteiger partial charge on any atom is -0.452 e. The second kappa shape index (κ2) is 6.70. The molecule has 0 fully saturated rings. The molecular formula is C16H10BrFN2O3. The summed E-state index contributed by atoms with van der Waals surface area (Å²) < 4.78 is 24.4. The Morgan fingerprint density at radius 3 is 2.65 bits per heavy atom. The maximum atomic E-state index is 13.5. The number of ether oxygens (including phenoxy) is 1. The van der Waals surface area contributed by atoms with Crippen LogP contribution in [0.1, 0.15) is 16.2 Å². The van der Waals surface area contributed by atoms with E-state index in [1.165, 1.54) is 18.2 Å². The summed E-state index contributed by atoms with van der Waals surface area (Å²) in [5.41, 5.74) is 0.628. The van der Waals surface area contributed by atoms with Crippen molar-refractivity contribution < 1.29 is 18.4 Å². The van der Waals surface area contributed by atoms with Crippen molar-refractivity contribution in [1.82, 2.24) is 10.1 Å². The Morgan fingerprint density at radius 2 is 1.91 bits per heavy atom. The molecule has 0 saturated carbocycles. The molecule has 23 heavy (non-hydrogen) atoms. The smallest absolute Gasteiger partial charge is 0.341 e. The van der Waals surface area contributed by atoms with Gasteiger partial charge in [-0.3, -0.25) is 0 Å². The fourth-order valence-corrected chi connectivity index (χ4v) is 2.13. The average Bonchev–Trinajstić information content (AvgIpc) is 3.03. The number of carbonyl (C=O) groups excluding carboxylic acids is 1. The Hall–Kier alpha value is -2.54. The largest absolute Gasteiger partial charge is 0.452 e. The first-order valence-electron chi connectivity index (χ1n) is 6.63. The normalized spacial score (nSPS) is 10.5. The van der Waals surface area contributed by atoms with E-state index in [1.807, 2.05) is 24.3 Å². The molecule has 0 radical (unpaired) electrons. The minimum absolute atomic E-state index is 0.132. The lowest BCUT2D eigenvalue weighted by Gasteiger charge is -2.02. The van der Waals surface area contributed by atoms with Gasteiger partial charge in [0.25, 0.3) is 5.89 Å². The molecule has 1 heterocycles. The van der Waals surface area contributed by atoms with Crippen molar-refractivity contribution in [2.75, 3.05) is 0 Å². The molecule has 1 aromatic heterocycles. The minimum atomic E-state index is -0.786. The van der Waals surface area contributed by atoms with Crippen molar-refractivity contribution in [2.24, 2.45) is 0 Å². The Bertz CT molecular complexity index is 833. The van der Waals surface area contributed by atoms with Crippen LogP contribution in [-0.4, -0.2) is 16.1 Å². The van der Waals surface area contributed by atoms with Gasteiger partial charge in [-0.15, -0.1) is 0 Å². The van der Waals surface area contributed by atoms with Gasteiger partial charge in [0.2, 0.25) is 5.82 Å². The summed E-state index contributed by atoms with van der Waals surface area (Å²) in [5.74, 6) is -0.910. The zero-order valence-electron chi connectivity index (χ0n) is 11.7. The molecule has 3 aromatic rings. The molecule has 0 spiro atoms. The highest BCUT2D eigenvalue weighted by Gasteiger charge is 2.15. The second-order valence-electron chi connectivity index (χ2n) is 4.57. The predicted octanol–water partition coefficient (Wildman–Crippen LogP) is 4.00. The molecule has 3 rings (SSSR count). The van der Waals surface area contributed by atoms with Gasteiger partial charge < -0.3 is 9.26 Å². The van der Waals surface area contributed by atoms with Crippen LogP contribution in [0.2, 0.25) is 0 Å². The SMILES string of the molecule is O=C(OCc1nc(-c2ccc(Br)cc2)no1)c1ccccc1F. The van der Waals surface area contributed by atoms with Gasteiger partial charge in [-0.05, 0) is 36.4 Å². The quantitative estimate of drug-likeness (QED) is 0.644.